The van der Waals surface area contributed by atoms with Gasteiger partial charge < -0.3 is 10.1 Å². The van der Waals surface area contributed by atoms with Crippen LogP contribution >= 0.6 is 0 Å². The first kappa shape index (κ1) is 16.5. The summed E-state index contributed by atoms with van der Waals surface area (Å²) in [5, 5.41) is 2.68. The lowest BCUT2D eigenvalue weighted by Gasteiger charge is -2.10. The quantitative estimate of drug-likeness (QED) is 0.782. The van der Waals surface area contributed by atoms with Crippen LogP contribution in [0.25, 0.3) is 0 Å². The molecule has 2 rings (SSSR count). The number of carbonyl (C=O) groups excluding carboxylic acids is 2. The average Bonchev–Trinajstić information content (AvgIpc) is 2.82. The molecule has 1 atom stereocenters. The number of Topliss-reactive ketones (excluding diaryl/α,β-unsaturated/α-hetero) is 1. The largest absolute Gasteiger partial charge is 0.484 e. The second-order valence-corrected chi connectivity index (χ2v) is 7.67. The summed E-state index contributed by atoms with van der Waals surface area (Å²) in [6.45, 7) is 1.69. The Morgan fingerprint density at radius 1 is 1.27 bits per heavy atom. The van der Waals surface area contributed by atoms with Gasteiger partial charge in [-0.25, -0.2) is 8.42 Å². The number of benzene rings is 1. The summed E-state index contributed by atoms with van der Waals surface area (Å²) in [5.41, 5.74) is 0.583. The highest BCUT2D eigenvalue weighted by atomic mass is 32.2. The summed E-state index contributed by atoms with van der Waals surface area (Å²) >= 11 is 0. The topological polar surface area (TPSA) is 89.5 Å². The van der Waals surface area contributed by atoms with Crippen LogP contribution in [0.3, 0.4) is 0 Å². The third-order valence-corrected chi connectivity index (χ3v) is 5.38. The molecule has 120 valence electrons. The molecule has 0 bridgehead atoms. The number of amides is 1. The Morgan fingerprint density at radius 3 is 2.50 bits per heavy atom. The van der Waals surface area contributed by atoms with E-state index < -0.39 is 9.84 Å². The molecule has 1 heterocycles. The van der Waals surface area contributed by atoms with Crippen molar-refractivity contribution in [2.24, 2.45) is 5.92 Å². The van der Waals surface area contributed by atoms with Crippen LogP contribution < -0.4 is 10.1 Å². The summed E-state index contributed by atoms with van der Waals surface area (Å²) < 4.78 is 27.9. The summed E-state index contributed by atoms with van der Waals surface area (Å²) in [7, 11) is -2.92. The molecular weight excluding hydrogens is 306 g/mol. The number of sulfone groups is 1. The molecule has 0 spiro atoms. The third-order valence-electron chi connectivity index (χ3n) is 3.55. The maximum atomic E-state index is 11.7. The number of hydrogen-bond donors (Lipinski definition) is 1. The van der Waals surface area contributed by atoms with Gasteiger partial charge in [-0.2, -0.15) is 0 Å². The van der Waals surface area contributed by atoms with Gasteiger partial charge in [0, 0.05) is 12.1 Å². The van der Waals surface area contributed by atoms with Crippen molar-refractivity contribution in [3.05, 3.63) is 29.8 Å². The molecule has 1 N–H and O–H groups in total. The van der Waals surface area contributed by atoms with E-state index in [0.29, 0.717) is 24.3 Å². The maximum Gasteiger partial charge on any atom is 0.257 e. The lowest BCUT2D eigenvalue weighted by Crippen LogP contribution is -2.33. The van der Waals surface area contributed by atoms with E-state index in [4.69, 9.17) is 4.74 Å². The fourth-order valence-electron chi connectivity index (χ4n) is 2.28. The Kier molecular flexibility index (Phi) is 5.18. The molecule has 22 heavy (non-hydrogen) atoms. The average molecular weight is 325 g/mol. The van der Waals surface area contributed by atoms with Gasteiger partial charge in [-0.05, 0) is 43.5 Å². The monoisotopic (exact) mass is 325 g/mol. The van der Waals surface area contributed by atoms with E-state index in [9.17, 15) is 18.0 Å². The van der Waals surface area contributed by atoms with Crippen LogP contribution in [0.2, 0.25) is 0 Å². The van der Waals surface area contributed by atoms with E-state index in [2.05, 4.69) is 5.32 Å². The normalized spacial score (nSPS) is 19.6. The molecule has 1 unspecified atom stereocenters. The Bertz CT molecular complexity index is 651. The standard InChI is InChI=1S/C15H19NO5S/c1-11(17)13-2-4-14(5-3-13)21-9-15(18)16-8-12-6-7-22(19,20)10-12/h2-5,12H,6-10H2,1H3,(H,16,18). The zero-order chi connectivity index (χ0) is 16.2. The summed E-state index contributed by atoms with van der Waals surface area (Å²) in [6.07, 6.45) is 0.593. The lowest BCUT2D eigenvalue weighted by molar-refractivity contribution is -0.123. The van der Waals surface area contributed by atoms with Gasteiger partial charge in [-0.1, -0.05) is 0 Å². The molecule has 1 fully saturated rings. The molecule has 0 saturated carbocycles. The highest BCUT2D eigenvalue weighted by Crippen LogP contribution is 2.17. The number of ether oxygens (including phenoxy) is 1. The molecule has 0 aromatic heterocycles. The minimum absolute atomic E-state index is 0.0104. The van der Waals surface area contributed by atoms with Gasteiger partial charge in [-0.15, -0.1) is 0 Å². The van der Waals surface area contributed by atoms with Gasteiger partial charge in [0.15, 0.2) is 22.2 Å². The number of nitrogens with one attached hydrogen (secondary N) is 1. The third kappa shape index (κ3) is 4.84. The van der Waals surface area contributed by atoms with Crippen LogP contribution in [0, 0.1) is 5.92 Å². The van der Waals surface area contributed by atoms with Crippen LogP contribution in [0.4, 0.5) is 0 Å². The van der Waals surface area contributed by atoms with Crippen molar-refractivity contribution in [1.82, 2.24) is 5.32 Å². The second kappa shape index (κ2) is 6.91. The van der Waals surface area contributed by atoms with Crippen molar-refractivity contribution in [1.29, 1.82) is 0 Å². The number of carbonyl (C=O) groups is 2. The van der Waals surface area contributed by atoms with E-state index in [1.807, 2.05) is 0 Å². The van der Waals surface area contributed by atoms with Crippen molar-refractivity contribution in [2.45, 2.75) is 13.3 Å². The lowest BCUT2D eigenvalue weighted by atomic mass is 10.1. The van der Waals surface area contributed by atoms with Crippen molar-refractivity contribution in [2.75, 3.05) is 24.7 Å². The molecular formula is C15H19NO5S. The SMILES string of the molecule is CC(=O)c1ccc(OCC(=O)NCC2CCS(=O)(=O)C2)cc1. The first-order chi connectivity index (χ1) is 10.4. The van der Waals surface area contributed by atoms with Gasteiger partial charge in [0.25, 0.3) is 5.91 Å². The van der Waals surface area contributed by atoms with Gasteiger partial charge in [0.2, 0.25) is 0 Å². The zero-order valence-electron chi connectivity index (χ0n) is 12.4. The smallest absolute Gasteiger partial charge is 0.257 e. The molecule has 0 radical (unpaired) electrons. The van der Waals surface area contributed by atoms with E-state index in [1.165, 1.54) is 6.92 Å². The van der Waals surface area contributed by atoms with E-state index in [0.717, 1.165) is 0 Å². The molecule has 1 saturated heterocycles. The molecule has 7 heteroatoms. The molecule has 6 nitrogen and oxygen atoms in total. The van der Waals surface area contributed by atoms with Gasteiger partial charge in [0.05, 0.1) is 11.5 Å². The first-order valence-electron chi connectivity index (χ1n) is 7.06. The van der Waals surface area contributed by atoms with Gasteiger partial charge in [0.1, 0.15) is 5.75 Å². The van der Waals surface area contributed by atoms with Crippen LogP contribution in [-0.4, -0.2) is 44.8 Å². The van der Waals surface area contributed by atoms with E-state index in [1.54, 1.807) is 24.3 Å². The number of hydrogen-bond acceptors (Lipinski definition) is 5. The highest BCUT2D eigenvalue weighted by molar-refractivity contribution is 7.91. The predicted molar refractivity (Wildman–Crippen MR) is 81.7 cm³/mol. The fourth-order valence-corrected chi connectivity index (χ4v) is 4.14. The second-order valence-electron chi connectivity index (χ2n) is 5.44. The fraction of sp³-hybridized carbons (Fsp3) is 0.467. The number of ketones is 1. The maximum absolute atomic E-state index is 11.7. The van der Waals surface area contributed by atoms with Crippen molar-refractivity contribution in [3.63, 3.8) is 0 Å². The molecule has 1 aliphatic rings. The van der Waals surface area contributed by atoms with E-state index >= 15 is 0 Å². The minimum Gasteiger partial charge on any atom is -0.484 e. The molecule has 1 aromatic carbocycles. The van der Waals surface area contributed by atoms with Crippen LogP contribution in [-0.2, 0) is 14.6 Å². The van der Waals surface area contributed by atoms with Gasteiger partial charge >= 0.3 is 0 Å². The minimum atomic E-state index is -2.92. The Balaban J connectivity index is 1.72. The summed E-state index contributed by atoms with van der Waals surface area (Å²) in [5.74, 6) is 0.510. The highest BCUT2D eigenvalue weighted by Gasteiger charge is 2.27. The molecule has 1 aromatic rings. The van der Waals surface area contributed by atoms with Crippen molar-refractivity contribution < 1.29 is 22.7 Å². The first-order valence-corrected chi connectivity index (χ1v) is 8.89. The Hall–Kier alpha value is -1.89. The number of rotatable bonds is 6. The van der Waals surface area contributed by atoms with Crippen LogP contribution in [0.15, 0.2) is 24.3 Å². The molecule has 1 aliphatic heterocycles. The summed E-state index contributed by atoms with van der Waals surface area (Å²) in [4.78, 5) is 22.8. The Morgan fingerprint density at radius 2 is 1.95 bits per heavy atom. The van der Waals surface area contributed by atoms with E-state index in [-0.39, 0.29) is 35.7 Å². The van der Waals surface area contributed by atoms with Crippen molar-refractivity contribution in [3.8, 4) is 5.75 Å². The summed E-state index contributed by atoms with van der Waals surface area (Å²) in [6, 6.07) is 6.54. The van der Waals surface area contributed by atoms with Crippen LogP contribution in [0.5, 0.6) is 5.75 Å². The van der Waals surface area contributed by atoms with Crippen molar-refractivity contribution >= 4 is 21.5 Å². The molecule has 1 amide bonds. The Labute approximate surface area is 129 Å². The van der Waals surface area contributed by atoms with Gasteiger partial charge in [-0.3, -0.25) is 9.59 Å². The predicted octanol–water partition coefficient (Wildman–Crippen LogP) is 0.819. The van der Waals surface area contributed by atoms with Crippen LogP contribution in [0.1, 0.15) is 23.7 Å². The zero-order valence-corrected chi connectivity index (χ0v) is 13.2. The molecule has 0 aliphatic carbocycles.